The van der Waals surface area contributed by atoms with Crippen molar-refractivity contribution in [3.8, 4) is 0 Å². The van der Waals surface area contributed by atoms with E-state index in [2.05, 4.69) is 10.4 Å². The summed E-state index contributed by atoms with van der Waals surface area (Å²) in [5, 5.41) is 7.52. The highest BCUT2D eigenvalue weighted by Gasteiger charge is 2.24. The van der Waals surface area contributed by atoms with Crippen LogP contribution in [-0.2, 0) is 6.54 Å². The topological polar surface area (TPSA) is 101 Å². The predicted octanol–water partition coefficient (Wildman–Crippen LogP) is 4.04. The van der Waals surface area contributed by atoms with Crippen molar-refractivity contribution in [2.75, 3.05) is 24.7 Å². The SMILES string of the molecule is CN(C)c1ccc(/C=N\n2c(N)c(C(=O)NCc3ccccc3)c3nc4ccccc4nc32)cc1. The summed E-state index contributed by atoms with van der Waals surface area (Å²) in [5.74, 6) is -0.146. The van der Waals surface area contributed by atoms with E-state index in [4.69, 9.17) is 15.7 Å². The van der Waals surface area contributed by atoms with Crippen molar-refractivity contribution in [1.29, 1.82) is 0 Å². The van der Waals surface area contributed by atoms with Crippen LogP contribution in [0.25, 0.3) is 22.2 Å². The number of nitrogen functional groups attached to an aromatic ring is 1. The van der Waals surface area contributed by atoms with E-state index in [9.17, 15) is 4.79 Å². The molecular formula is C27H25N7O. The summed E-state index contributed by atoms with van der Waals surface area (Å²) in [4.78, 5) is 24.7. The lowest BCUT2D eigenvalue weighted by Crippen LogP contribution is -2.23. The maximum atomic E-state index is 13.2. The number of amides is 1. The predicted molar refractivity (Wildman–Crippen MR) is 141 cm³/mol. The van der Waals surface area contributed by atoms with Gasteiger partial charge in [0, 0.05) is 26.3 Å². The van der Waals surface area contributed by atoms with Crippen LogP contribution >= 0.6 is 0 Å². The number of carbonyl (C=O) groups excluding carboxylic acids is 1. The maximum Gasteiger partial charge on any atom is 0.257 e. The zero-order valence-corrected chi connectivity index (χ0v) is 19.5. The van der Waals surface area contributed by atoms with E-state index in [1.807, 2.05) is 97.9 Å². The molecule has 3 aromatic carbocycles. The van der Waals surface area contributed by atoms with Gasteiger partial charge in [-0.15, -0.1) is 0 Å². The van der Waals surface area contributed by atoms with Gasteiger partial charge in [-0.05, 0) is 35.4 Å². The van der Waals surface area contributed by atoms with Gasteiger partial charge in [0.2, 0.25) is 0 Å². The van der Waals surface area contributed by atoms with Crippen LogP contribution in [-0.4, -0.2) is 40.9 Å². The Kier molecular flexibility index (Phi) is 5.85. The van der Waals surface area contributed by atoms with E-state index < -0.39 is 0 Å². The Morgan fingerprint density at radius 1 is 0.971 bits per heavy atom. The van der Waals surface area contributed by atoms with Gasteiger partial charge in [-0.1, -0.05) is 54.6 Å². The minimum absolute atomic E-state index is 0.182. The molecule has 0 aliphatic rings. The monoisotopic (exact) mass is 463 g/mol. The normalized spacial score (nSPS) is 11.4. The highest BCUT2D eigenvalue weighted by atomic mass is 16.1. The molecule has 174 valence electrons. The standard InChI is InChI=1S/C27H25N7O/c1-33(2)20-14-12-19(13-15-20)17-30-34-25(28)23(27(35)29-16-18-8-4-3-5-9-18)24-26(34)32-22-11-7-6-10-21(22)31-24/h3-15,17H,16,28H2,1-2H3,(H,29,35)/b30-17-. The Hall–Kier alpha value is -4.72. The number of hydrogen-bond donors (Lipinski definition) is 2. The van der Waals surface area contributed by atoms with Crippen LogP contribution in [0, 0.1) is 0 Å². The van der Waals surface area contributed by atoms with Crippen molar-refractivity contribution in [1.82, 2.24) is 20.0 Å². The third-order valence-electron chi connectivity index (χ3n) is 5.73. The Labute approximate surface area is 202 Å². The number of nitrogens with zero attached hydrogens (tertiary/aromatic N) is 5. The molecule has 3 N–H and O–H groups in total. The number of para-hydroxylation sites is 2. The first-order valence-corrected chi connectivity index (χ1v) is 11.2. The smallest absolute Gasteiger partial charge is 0.257 e. The van der Waals surface area contributed by atoms with Crippen molar-refractivity contribution in [2.24, 2.45) is 5.10 Å². The van der Waals surface area contributed by atoms with E-state index in [0.29, 0.717) is 28.7 Å². The number of nitrogens with two attached hydrogens (primary N) is 1. The number of benzene rings is 3. The minimum Gasteiger partial charge on any atom is -0.383 e. The van der Waals surface area contributed by atoms with E-state index in [1.165, 1.54) is 4.68 Å². The number of anilines is 2. The van der Waals surface area contributed by atoms with Gasteiger partial charge in [0.05, 0.1) is 17.2 Å². The molecule has 5 rings (SSSR count). The van der Waals surface area contributed by atoms with Gasteiger partial charge < -0.3 is 16.0 Å². The molecule has 0 aliphatic carbocycles. The number of rotatable bonds is 6. The molecule has 1 amide bonds. The van der Waals surface area contributed by atoms with Crippen molar-refractivity contribution < 1.29 is 4.79 Å². The molecule has 0 unspecified atom stereocenters. The molecule has 0 aliphatic heterocycles. The molecule has 35 heavy (non-hydrogen) atoms. The van der Waals surface area contributed by atoms with Gasteiger partial charge in [0.25, 0.3) is 5.91 Å². The maximum absolute atomic E-state index is 13.2. The Bertz CT molecular complexity index is 1540. The Balaban J connectivity index is 1.56. The number of fused-ring (bicyclic) bond motifs is 2. The Morgan fingerprint density at radius 2 is 1.63 bits per heavy atom. The van der Waals surface area contributed by atoms with Crippen LogP contribution in [0.5, 0.6) is 0 Å². The molecule has 0 atom stereocenters. The summed E-state index contributed by atoms with van der Waals surface area (Å²) >= 11 is 0. The molecule has 0 fully saturated rings. The second kappa shape index (κ2) is 9.26. The lowest BCUT2D eigenvalue weighted by Gasteiger charge is -2.11. The molecule has 0 spiro atoms. The highest BCUT2D eigenvalue weighted by Crippen LogP contribution is 2.28. The fraction of sp³-hybridized carbons (Fsp3) is 0.111. The van der Waals surface area contributed by atoms with Crippen LogP contribution in [0.1, 0.15) is 21.5 Å². The van der Waals surface area contributed by atoms with Crippen LogP contribution in [0.4, 0.5) is 11.5 Å². The quantitative estimate of drug-likeness (QED) is 0.370. The summed E-state index contributed by atoms with van der Waals surface area (Å²) < 4.78 is 1.48. The number of aromatic nitrogens is 3. The number of nitrogens with one attached hydrogen (secondary N) is 1. The van der Waals surface area contributed by atoms with Crippen molar-refractivity contribution in [2.45, 2.75) is 6.54 Å². The molecule has 2 aromatic heterocycles. The average Bonchev–Trinajstić information content (AvgIpc) is 3.15. The first-order chi connectivity index (χ1) is 17.0. The summed E-state index contributed by atoms with van der Waals surface area (Å²) in [6.07, 6.45) is 1.69. The zero-order valence-electron chi connectivity index (χ0n) is 19.5. The Morgan fingerprint density at radius 3 is 2.31 bits per heavy atom. The fourth-order valence-corrected chi connectivity index (χ4v) is 3.84. The van der Waals surface area contributed by atoms with Crippen LogP contribution < -0.4 is 16.0 Å². The van der Waals surface area contributed by atoms with Gasteiger partial charge >= 0.3 is 0 Å². The van der Waals surface area contributed by atoms with Crippen LogP contribution in [0.15, 0.2) is 84.0 Å². The minimum atomic E-state index is -0.328. The second-order valence-electron chi connectivity index (χ2n) is 8.36. The van der Waals surface area contributed by atoms with E-state index >= 15 is 0 Å². The molecule has 0 saturated carbocycles. The van der Waals surface area contributed by atoms with Crippen LogP contribution in [0.2, 0.25) is 0 Å². The third kappa shape index (κ3) is 4.41. The largest absolute Gasteiger partial charge is 0.383 e. The molecular weight excluding hydrogens is 438 g/mol. The molecule has 8 nitrogen and oxygen atoms in total. The van der Waals surface area contributed by atoms with Gasteiger partial charge in [0.1, 0.15) is 16.9 Å². The van der Waals surface area contributed by atoms with E-state index in [-0.39, 0.29) is 17.3 Å². The summed E-state index contributed by atoms with van der Waals surface area (Å²) in [6.45, 7) is 0.369. The van der Waals surface area contributed by atoms with E-state index in [1.54, 1.807) is 6.21 Å². The second-order valence-corrected chi connectivity index (χ2v) is 8.36. The first kappa shape index (κ1) is 22.1. The lowest BCUT2D eigenvalue weighted by molar-refractivity contribution is 0.0953. The summed E-state index contributed by atoms with van der Waals surface area (Å²) in [6, 6.07) is 25.1. The molecule has 0 radical (unpaired) electrons. The van der Waals surface area contributed by atoms with Crippen molar-refractivity contribution in [3.05, 3.63) is 95.6 Å². The molecule has 2 heterocycles. The number of carbonyl (C=O) groups is 1. The van der Waals surface area contributed by atoms with Crippen LogP contribution in [0.3, 0.4) is 0 Å². The van der Waals surface area contributed by atoms with Gasteiger partial charge in [0.15, 0.2) is 5.65 Å². The van der Waals surface area contributed by atoms with Gasteiger partial charge in [-0.25, -0.2) is 9.97 Å². The molecule has 5 aromatic rings. The molecule has 0 saturated heterocycles. The summed E-state index contributed by atoms with van der Waals surface area (Å²) in [7, 11) is 3.98. The molecule has 8 heteroatoms. The van der Waals surface area contributed by atoms with Crippen molar-refractivity contribution in [3.63, 3.8) is 0 Å². The summed E-state index contributed by atoms with van der Waals surface area (Å²) in [5.41, 5.74) is 11.9. The third-order valence-corrected chi connectivity index (χ3v) is 5.73. The lowest BCUT2D eigenvalue weighted by atomic mass is 10.2. The van der Waals surface area contributed by atoms with Gasteiger partial charge in [-0.3, -0.25) is 4.79 Å². The fourth-order valence-electron chi connectivity index (χ4n) is 3.84. The number of hydrogen-bond acceptors (Lipinski definition) is 6. The first-order valence-electron chi connectivity index (χ1n) is 11.2. The van der Waals surface area contributed by atoms with E-state index in [0.717, 1.165) is 16.8 Å². The molecule has 0 bridgehead atoms. The van der Waals surface area contributed by atoms with Crippen molar-refractivity contribution >= 4 is 45.8 Å². The van der Waals surface area contributed by atoms with Gasteiger partial charge in [-0.2, -0.15) is 9.78 Å². The highest BCUT2D eigenvalue weighted by molar-refractivity contribution is 6.10. The average molecular weight is 464 g/mol. The zero-order chi connectivity index (χ0) is 24.4.